The maximum atomic E-state index is 12.5. The van der Waals surface area contributed by atoms with Crippen LogP contribution < -0.4 is 10.9 Å². The molecule has 0 spiro atoms. The number of carbonyl (C=O) groups excluding carboxylic acids is 1. The fourth-order valence-corrected chi connectivity index (χ4v) is 3.59. The van der Waals surface area contributed by atoms with E-state index in [1.165, 1.54) is 0 Å². The molecule has 2 N–H and O–H groups in total. The highest BCUT2D eigenvalue weighted by Gasteiger charge is 2.14. The molecule has 0 aliphatic carbocycles. The van der Waals surface area contributed by atoms with E-state index < -0.39 is 0 Å². The van der Waals surface area contributed by atoms with Crippen molar-refractivity contribution < 1.29 is 4.79 Å². The highest BCUT2D eigenvalue weighted by Crippen LogP contribution is 2.27. The van der Waals surface area contributed by atoms with Crippen LogP contribution in [0.2, 0.25) is 0 Å². The van der Waals surface area contributed by atoms with E-state index in [9.17, 15) is 9.59 Å². The highest BCUT2D eigenvalue weighted by molar-refractivity contribution is 5.96. The average molecular weight is 412 g/mol. The number of rotatable bonds is 6. The molecule has 2 heterocycles. The van der Waals surface area contributed by atoms with Crippen molar-refractivity contribution in [2.75, 3.05) is 18.4 Å². The molecule has 6 heteroatoms. The fourth-order valence-electron chi connectivity index (χ4n) is 3.59. The number of amides is 1. The van der Waals surface area contributed by atoms with Gasteiger partial charge < -0.3 is 15.2 Å². The predicted octanol–water partition coefficient (Wildman–Crippen LogP) is 4.82. The Hall–Kier alpha value is -3.93. The quantitative estimate of drug-likeness (QED) is 0.476. The van der Waals surface area contributed by atoms with Gasteiger partial charge in [0.1, 0.15) is 5.82 Å². The zero-order chi connectivity index (χ0) is 21.8. The summed E-state index contributed by atoms with van der Waals surface area (Å²) in [4.78, 5) is 34.3. The van der Waals surface area contributed by atoms with E-state index in [4.69, 9.17) is 4.98 Å². The number of nitrogens with one attached hydrogen (secondary N) is 2. The van der Waals surface area contributed by atoms with Gasteiger partial charge in [0.2, 0.25) is 0 Å². The first-order valence-corrected chi connectivity index (χ1v) is 10.3. The molecule has 0 aliphatic rings. The molecule has 4 aromatic rings. The second kappa shape index (κ2) is 8.83. The van der Waals surface area contributed by atoms with E-state index in [0.29, 0.717) is 29.9 Å². The molecule has 0 aliphatic heterocycles. The van der Waals surface area contributed by atoms with E-state index in [1.807, 2.05) is 68.4 Å². The van der Waals surface area contributed by atoms with Crippen LogP contribution in [0.3, 0.4) is 0 Å². The summed E-state index contributed by atoms with van der Waals surface area (Å²) in [6.07, 6.45) is 1.64. The van der Waals surface area contributed by atoms with Crippen LogP contribution in [0, 0.1) is 0 Å². The summed E-state index contributed by atoms with van der Waals surface area (Å²) in [6.45, 7) is 5.26. The van der Waals surface area contributed by atoms with E-state index in [2.05, 4.69) is 10.3 Å². The Morgan fingerprint density at radius 3 is 2.39 bits per heavy atom. The third-order valence-electron chi connectivity index (χ3n) is 5.27. The van der Waals surface area contributed by atoms with Gasteiger partial charge in [-0.1, -0.05) is 30.3 Å². The summed E-state index contributed by atoms with van der Waals surface area (Å²) >= 11 is 0. The van der Waals surface area contributed by atoms with Crippen molar-refractivity contribution in [2.45, 2.75) is 13.8 Å². The standard InChI is InChI=1S/C25H24N4O2/c1-3-29(4-2)25(31)18-10-12-20(13-11-18)27-23-22-19(14-15-26-24(22)30)16-21(28-23)17-8-6-5-7-9-17/h5-16H,3-4H2,1-2H3,(H,26,30)(H,27,28). The Morgan fingerprint density at radius 2 is 1.71 bits per heavy atom. The minimum Gasteiger partial charge on any atom is -0.340 e. The molecular weight excluding hydrogens is 388 g/mol. The summed E-state index contributed by atoms with van der Waals surface area (Å²) < 4.78 is 0. The van der Waals surface area contributed by atoms with Gasteiger partial charge in [-0.3, -0.25) is 9.59 Å². The third kappa shape index (κ3) is 4.19. The molecule has 0 bridgehead atoms. The maximum Gasteiger partial charge on any atom is 0.259 e. The number of benzene rings is 2. The Labute approximate surface area is 180 Å². The van der Waals surface area contributed by atoms with Gasteiger partial charge in [-0.05, 0) is 55.6 Å². The van der Waals surface area contributed by atoms with E-state index >= 15 is 0 Å². The van der Waals surface area contributed by atoms with Crippen molar-refractivity contribution >= 4 is 28.2 Å². The molecule has 0 saturated heterocycles. The van der Waals surface area contributed by atoms with E-state index in [-0.39, 0.29) is 11.5 Å². The number of aromatic nitrogens is 2. The normalized spacial score (nSPS) is 10.8. The lowest BCUT2D eigenvalue weighted by Crippen LogP contribution is -2.30. The van der Waals surface area contributed by atoms with Crippen LogP contribution >= 0.6 is 0 Å². The van der Waals surface area contributed by atoms with Crippen LogP contribution in [0.1, 0.15) is 24.2 Å². The summed E-state index contributed by atoms with van der Waals surface area (Å²) in [6, 6.07) is 20.8. The van der Waals surface area contributed by atoms with Gasteiger partial charge in [-0.15, -0.1) is 0 Å². The van der Waals surface area contributed by atoms with Crippen molar-refractivity contribution in [3.63, 3.8) is 0 Å². The smallest absolute Gasteiger partial charge is 0.259 e. The van der Waals surface area contributed by atoms with Crippen LogP contribution in [-0.2, 0) is 0 Å². The maximum absolute atomic E-state index is 12.5. The van der Waals surface area contributed by atoms with Crippen molar-refractivity contribution in [1.29, 1.82) is 0 Å². The number of H-pyrrole nitrogens is 1. The SMILES string of the molecule is CCN(CC)C(=O)c1ccc(Nc2nc(-c3ccccc3)cc3cc[nH]c(=O)c23)cc1. The zero-order valence-electron chi connectivity index (χ0n) is 17.6. The minimum absolute atomic E-state index is 0.00245. The first kappa shape index (κ1) is 20.3. The zero-order valence-corrected chi connectivity index (χ0v) is 17.6. The number of hydrogen-bond acceptors (Lipinski definition) is 4. The number of hydrogen-bond donors (Lipinski definition) is 2. The van der Waals surface area contributed by atoms with Crippen LogP contribution in [0.25, 0.3) is 22.0 Å². The number of fused-ring (bicyclic) bond motifs is 1. The van der Waals surface area contributed by atoms with Crippen LogP contribution in [0.5, 0.6) is 0 Å². The van der Waals surface area contributed by atoms with Gasteiger partial charge in [-0.25, -0.2) is 4.98 Å². The molecule has 1 amide bonds. The Balaban J connectivity index is 1.72. The monoisotopic (exact) mass is 412 g/mol. The van der Waals surface area contributed by atoms with E-state index in [1.54, 1.807) is 23.2 Å². The number of carbonyl (C=O) groups is 1. The molecule has 31 heavy (non-hydrogen) atoms. The van der Waals surface area contributed by atoms with Gasteiger partial charge in [0.15, 0.2) is 0 Å². The average Bonchev–Trinajstić information content (AvgIpc) is 2.81. The van der Waals surface area contributed by atoms with Crippen molar-refractivity contribution in [2.24, 2.45) is 0 Å². The van der Waals surface area contributed by atoms with Crippen LogP contribution in [0.15, 0.2) is 77.7 Å². The number of nitrogens with zero attached hydrogens (tertiary/aromatic N) is 2. The number of anilines is 2. The molecule has 0 radical (unpaired) electrons. The molecule has 2 aromatic carbocycles. The highest BCUT2D eigenvalue weighted by atomic mass is 16.2. The molecule has 0 saturated carbocycles. The lowest BCUT2D eigenvalue weighted by Gasteiger charge is -2.18. The van der Waals surface area contributed by atoms with E-state index in [0.717, 1.165) is 22.3 Å². The largest absolute Gasteiger partial charge is 0.340 e. The molecule has 0 fully saturated rings. The molecule has 0 atom stereocenters. The summed E-state index contributed by atoms with van der Waals surface area (Å²) in [7, 11) is 0. The third-order valence-corrected chi connectivity index (χ3v) is 5.27. The molecule has 6 nitrogen and oxygen atoms in total. The Bertz CT molecular complexity index is 1260. The summed E-state index contributed by atoms with van der Waals surface area (Å²) in [5, 5.41) is 4.56. The number of pyridine rings is 2. The van der Waals surface area contributed by atoms with Crippen LogP contribution in [0.4, 0.5) is 11.5 Å². The first-order chi connectivity index (χ1) is 15.1. The second-order valence-corrected chi connectivity index (χ2v) is 7.17. The van der Waals surface area contributed by atoms with Gasteiger partial charge in [0.05, 0.1) is 11.1 Å². The number of aromatic amines is 1. The van der Waals surface area contributed by atoms with Gasteiger partial charge in [-0.2, -0.15) is 0 Å². The Kier molecular flexibility index (Phi) is 5.80. The van der Waals surface area contributed by atoms with Gasteiger partial charge in [0.25, 0.3) is 11.5 Å². The summed E-state index contributed by atoms with van der Waals surface area (Å²) in [5.74, 6) is 0.476. The predicted molar refractivity (Wildman–Crippen MR) is 125 cm³/mol. The lowest BCUT2D eigenvalue weighted by molar-refractivity contribution is 0.0773. The minimum atomic E-state index is -0.208. The van der Waals surface area contributed by atoms with Gasteiger partial charge in [0, 0.05) is 36.1 Å². The lowest BCUT2D eigenvalue weighted by atomic mass is 10.1. The van der Waals surface area contributed by atoms with Crippen LogP contribution in [-0.4, -0.2) is 33.9 Å². The molecule has 2 aromatic heterocycles. The first-order valence-electron chi connectivity index (χ1n) is 10.3. The molecule has 156 valence electrons. The fraction of sp³-hybridized carbons (Fsp3) is 0.160. The Morgan fingerprint density at radius 1 is 1.00 bits per heavy atom. The van der Waals surface area contributed by atoms with Crippen molar-refractivity contribution in [1.82, 2.24) is 14.9 Å². The van der Waals surface area contributed by atoms with Gasteiger partial charge >= 0.3 is 0 Å². The molecule has 0 unspecified atom stereocenters. The van der Waals surface area contributed by atoms with Crippen molar-refractivity contribution in [3.05, 3.63) is 88.8 Å². The molecular formula is C25H24N4O2. The van der Waals surface area contributed by atoms with Crippen molar-refractivity contribution in [3.8, 4) is 11.3 Å². The second-order valence-electron chi connectivity index (χ2n) is 7.17. The topological polar surface area (TPSA) is 78.1 Å². The molecule has 4 rings (SSSR count). The summed E-state index contributed by atoms with van der Waals surface area (Å²) in [5.41, 5.74) is 2.91.